The normalized spacial score (nSPS) is 10.4. The molecule has 1 aromatic carbocycles. The van der Waals surface area contributed by atoms with Gasteiger partial charge in [-0.05, 0) is 12.1 Å². The molecule has 0 fully saturated rings. The first-order valence-corrected chi connectivity index (χ1v) is 4.26. The smallest absolute Gasteiger partial charge is 0.142 e. The maximum atomic E-state index is 5.53. The van der Waals surface area contributed by atoms with Crippen molar-refractivity contribution < 1.29 is 0 Å². The van der Waals surface area contributed by atoms with E-state index in [0.29, 0.717) is 12.5 Å². The van der Waals surface area contributed by atoms with Crippen LogP contribution >= 0.6 is 0 Å². The Kier molecular flexibility index (Phi) is 2.16. The van der Waals surface area contributed by atoms with Crippen LogP contribution < -0.4 is 16.8 Å². The van der Waals surface area contributed by atoms with Gasteiger partial charge in [0.2, 0.25) is 0 Å². The van der Waals surface area contributed by atoms with E-state index in [1.807, 2.05) is 18.2 Å². The summed E-state index contributed by atoms with van der Waals surface area (Å²) in [6.07, 6.45) is 1.53. The molecule has 0 saturated carbocycles. The Morgan fingerprint density at radius 1 is 1.36 bits per heavy atom. The van der Waals surface area contributed by atoms with Crippen molar-refractivity contribution in [1.29, 1.82) is 0 Å². The number of aromatic nitrogens is 2. The first-order valence-electron chi connectivity index (χ1n) is 4.26. The van der Waals surface area contributed by atoms with E-state index < -0.39 is 0 Å². The second-order valence-electron chi connectivity index (χ2n) is 2.85. The predicted molar refractivity (Wildman–Crippen MR) is 56.6 cm³/mol. The van der Waals surface area contributed by atoms with Gasteiger partial charge < -0.3 is 16.8 Å². The number of hydrogen-bond acceptors (Lipinski definition) is 5. The number of nitrogens with two attached hydrogens (primary N) is 2. The van der Waals surface area contributed by atoms with Crippen LogP contribution in [0.15, 0.2) is 24.4 Å². The van der Waals surface area contributed by atoms with Gasteiger partial charge in [0.25, 0.3) is 0 Å². The Labute approximate surface area is 81.1 Å². The summed E-state index contributed by atoms with van der Waals surface area (Å²) in [4.78, 5) is 8.35. The molecule has 0 radical (unpaired) electrons. The monoisotopic (exact) mass is 189 g/mol. The van der Waals surface area contributed by atoms with Gasteiger partial charge in [0.05, 0.1) is 24.1 Å². The first-order chi connectivity index (χ1) is 6.81. The number of fused-ring (bicyclic) bond motifs is 1. The Hall–Kier alpha value is -1.88. The summed E-state index contributed by atoms with van der Waals surface area (Å²) in [5.74, 6) is 0.419. The molecule has 0 aliphatic carbocycles. The fourth-order valence-corrected chi connectivity index (χ4v) is 1.31. The molecule has 5 N–H and O–H groups in total. The zero-order valence-electron chi connectivity index (χ0n) is 7.57. The summed E-state index contributed by atoms with van der Waals surface area (Å²) in [6, 6.07) is 5.65. The molecule has 0 spiro atoms. The zero-order chi connectivity index (χ0) is 9.97. The van der Waals surface area contributed by atoms with Gasteiger partial charge in [-0.2, -0.15) is 0 Å². The summed E-state index contributed by atoms with van der Waals surface area (Å²) >= 11 is 0. The van der Waals surface area contributed by atoms with Gasteiger partial charge in [-0.25, -0.2) is 9.97 Å². The van der Waals surface area contributed by atoms with Crippen LogP contribution in [0.4, 0.5) is 11.5 Å². The molecule has 72 valence electrons. The third kappa shape index (κ3) is 1.45. The molecule has 2 aromatic rings. The van der Waals surface area contributed by atoms with Crippen molar-refractivity contribution >= 4 is 22.5 Å². The highest BCUT2D eigenvalue weighted by Gasteiger charge is 2.01. The molecule has 0 amide bonds. The molecule has 5 nitrogen and oxygen atoms in total. The highest BCUT2D eigenvalue weighted by atomic mass is 15.0. The summed E-state index contributed by atoms with van der Waals surface area (Å²) in [5.41, 5.74) is 13.4. The number of nitrogen functional groups attached to an aromatic ring is 1. The lowest BCUT2D eigenvalue weighted by Gasteiger charge is -2.05. The van der Waals surface area contributed by atoms with Gasteiger partial charge in [0.1, 0.15) is 11.3 Å². The average Bonchev–Trinajstić information content (AvgIpc) is 2.18. The van der Waals surface area contributed by atoms with Gasteiger partial charge in [-0.1, -0.05) is 6.07 Å². The lowest BCUT2D eigenvalue weighted by atomic mass is 10.2. The quantitative estimate of drug-likeness (QED) is 0.600. The van der Waals surface area contributed by atoms with Crippen molar-refractivity contribution in [3.63, 3.8) is 0 Å². The molecule has 0 saturated heterocycles. The molecule has 0 atom stereocenters. The summed E-state index contributed by atoms with van der Waals surface area (Å²) in [6.45, 7) is 0.366. The second kappa shape index (κ2) is 3.47. The Morgan fingerprint density at radius 3 is 3.00 bits per heavy atom. The molecule has 1 aromatic heterocycles. The lowest BCUT2D eigenvalue weighted by molar-refractivity contribution is 1.14. The average molecular weight is 189 g/mol. The largest absolute Gasteiger partial charge is 0.382 e. The van der Waals surface area contributed by atoms with Gasteiger partial charge >= 0.3 is 0 Å². The fourth-order valence-electron chi connectivity index (χ4n) is 1.31. The van der Waals surface area contributed by atoms with Gasteiger partial charge in [-0.15, -0.1) is 0 Å². The first kappa shape index (κ1) is 8.71. The Balaban J connectivity index is 2.62. The molecule has 0 aliphatic heterocycles. The van der Waals surface area contributed by atoms with E-state index in [-0.39, 0.29) is 0 Å². The molecule has 0 aliphatic rings. The van der Waals surface area contributed by atoms with Crippen molar-refractivity contribution in [1.82, 2.24) is 9.97 Å². The molecule has 14 heavy (non-hydrogen) atoms. The highest BCUT2D eigenvalue weighted by molar-refractivity contribution is 5.88. The van der Waals surface area contributed by atoms with Crippen LogP contribution in [0.2, 0.25) is 0 Å². The number of rotatable bonds is 2. The van der Waals surface area contributed by atoms with Crippen LogP contribution in [0.25, 0.3) is 11.0 Å². The molecule has 0 unspecified atom stereocenters. The minimum atomic E-state index is 0.366. The minimum Gasteiger partial charge on any atom is -0.382 e. The number of hydrogen-bond donors (Lipinski definition) is 3. The van der Waals surface area contributed by atoms with E-state index in [4.69, 9.17) is 11.5 Å². The van der Waals surface area contributed by atoms with E-state index >= 15 is 0 Å². The summed E-state index contributed by atoms with van der Waals surface area (Å²) in [5, 5.41) is 3.00. The van der Waals surface area contributed by atoms with Gasteiger partial charge in [0.15, 0.2) is 0 Å². The number of anilines is 2. The number of benzene rings is 1. The van der Waals surface area contributed by atoms with E-state index in [2.05, 4.69) is 15.3 Å². The number of nitrogens with one attached hydrogen (secondary N) is 1. The molecule has 1 heterocycles. The van der Waals surface area contributed by atoms with E-state index in [0.717, 1.165) is 16.7 Å². The van der Waals surface area contributed by atoms with Crippen LogP contribution in [0.5, 0.6) is 0 Å². The van der Waals surface area contributed by atoms with Gasteiger partial charge in [-0.3, -0.25) is 0 Å². The third-order valence-electron chi connectivity index (χ3n) is 1.88. The van der Waals surface area contributed by atoms with Crippen LogP contribution in [0, 0.1) is 0 Å². The van der Waals surface area contributed by atoms with E-state index in [1.165, 1.54) is 6.20 Å². The summed E-state index contributed by atoms with van der Waals surface area (Å²) < 4.78 is 0. The maximum Gasteiger partial charge on any atom is 0.142 e. The standard InChI is InChI=1S/C9H11N5/c10-5-13-6-2-1-3-7-9(6)12-4-8(11)14-7/h1-4,13H,5,10H2,(H2,11,14). The van der Waals surface area contributed by atoms with Crippen molar-refractivity contribution in [2.75, 3.05) is 17.7 Å². The third-order valence-corrected chi connectivity index (χ3v) is 1.88. The highest BCUT2D eigenvalue weighted by Crippen LogP contribution is 2.19. The van der Waals surface area contributed by atoms with Crippen LogP contribution in [0.3, 0.4) is 0 Å². The second-order valence-corrected chi connectivity index (χ2v) is 2.85. The molecular weight excluding hydrogens is 178 g/mol. The lowest BCUT2D eigenvalue weighted by Crippen LogP contribution is -2.11. The zero-order valence-corrected chi connectivity index (χ0v) is 7.57. The van der Waals surface area contributed by atoms with Crippen molar-refractivity contribution in [3.05, 3.63) is 24.4 Å². The van der Waals surface area contributed by atoms with Crippen LogP contribution in [0.1, 0.15) is 0 Å². The van der Waals surface area contributed by atoms with Crippen LogP contribution in [-0.4, -0.2) is 16.6 Å². The molecule has 5 heteroatoms. The predicted octanol–water partition coefficient (Wildman–Crippen LogP) is 0.540. The van der Waals surface area contributed by atoms with Crippen molar-refractivity contribution in [2.24, 2.45) is 5.73 Å². The molecular formula is C9H11N5. The minimum absolute atomic E-state index is 0.366. The Morgan fingerprint density at radius 2 is 2.21 bits per heavy atom. The van der Waals surface area contributed by atoms with Crippen molar-refractivity contribution in [3.8, 4) is 0 Å². The Bertz CT molecular complexity index is 454. The SMILES string of the molecule is NCNc1cccc2nc(N)cnc12. The van der Waals surface area contributed by atoms with Crippen molar-refractivity contribution in [2.45, 2.75) is 0 Å². The number of nitrogens with zero attached hydrogens (tertiary/aromatic N) is 2. The summed E-state index contributed by atoms with van der Waals surface area (Å²) in [7, 11) is 0. The molecule has 0 bridgehead atoms. The molecule has 2 rings (SSSR count). The van der Waals surface area contributed by atoms with E-state index in [1.54, 1.807) is 0 Å². The fraction of sp³-hybridized carbons (Fsp3) is 0.111. The maximum absolute atomic E-state index is 5.53. The van der Waals surface area contributed by atoms with Crippen LogP contribution in [-0.2, 0) is 0 Å². The van der Waals surface area contributed by atoms with Gasteiger partial charge in [0, 0.05) is 0 Å². The van der Waals surface area contributed by atoms with E-state index in [9.17, 15) is 0 Å². The topological polar surface area (TPSA) is 89.8 Å². The number of para-hydroxylation sites is 1.